The lowest BCUT2D eigenvalue weighted by atomic mass is 9.73. The molecule has 0 aromatic rings. The monoisotopic (exact) mass is 213 g/mol. The Morgan fingerprint density at radius 3 is 3.13 bits per heavy atom. The molecule has 3 rings (SSSR count). The van der Waals surface area contributed by atoms with Crippen molar-refractivity contribution in [3.63, 3.8) is 0 Å². The Morgan fingerprint density at radius 2 is 2.40 bits per heavy atom. The predicted octanol–water partition coefficient (Wildman–Crippen LogP) is -0.0247. The third-order valence-corrected chi connectivity index (χ3v) is 3.57. The van der Waals surface area contributed by atoms with E-state index in [0.717, 1.165) is 6.42 Å². The second-order valence-corrected chi connectivity index (χ2v) is 4.46. The van der Waals surface area contributed by atoms with Gasteiger partial charge in [-0.1, -0.05) is 0 Å². The lowest BCUT2D eigenvalue weighted by Crippen LogP contribution is -2.62. The van der Waals surface area contributed by atoms with E-state index in [2.05, 4.69) is 0 Å². The summed E-state index contributed by atoms with van der Waals surface area (Å²) in [6, 6.07) is 0.150. The number of amides is 1. The minimum absolute atomic E-state index is 0.150. The summed E-state index contributed by atoms with van der Waals surface area (Å²) < 4.78 is 10.4. The van der Waals surface area contributed by atoms with Gasteiger partial charge in [-0.2, -0.15) is 0 Å². The number of fused-ring (bicyclic) bond motifs is 4. The molecule has 1 aliphatic carbocycles. The van der Waals surface area contributed by atoms with Crippen molar-refractivity contribution in [2.24, 2.45) is 5.92 Å². The second kappa shape index (κ2) is 3.09. The van der Waals surface area contributed by atoms with Gasteiger partial charge in [-0.3, -0.25) is 4.90 Å². The molecular weight excluding hydrogens is 198 g/mol. The highest BCUT2D eigenvalue weighted by Crippen LogP contribution is 2.53. The van der Waals surface area contributed by atoms with Crippen molar-refractivity contribution in [3.8, 4) is 0 Å². The Bertz CT molecular complexity index is 295. The number of rotatable bonds is 1. The highest BCUT2D eigenvalue weighted by molar-refractivity contribution is 5.69. The number of nitrogens with zero attached hydrogens (tertiary/aromatic N) is 1. The van der Waals surface area contributed by atoms with E-state index in [1.807, 2.05) is 0 Å². The molecule has 0 aromatic heterocycles. The Hall–Kier alpha value is -0.810. The van der Waals surface area contributed by atoms with Crippen molar-refractivity contribution in [3.05, 3.63) is 0 Å². The lowest BCUT2D eigenvalue weighted by molar-refractivity contribution is -0.0242. The fourth-order valence-corrected chi connectivity index (χ4v) is 2.87. The molecule has 0 bridgehead atoms. The number of aliphatic hydroxyl groups is 1. The number of hydrogen-bond donors (Lipinski definition) is 1. The molecule has 5 atom stereocenters. The third kappa shape index (κ3) is 1.26. The van der Waals surface area contributed by atoms with E-state index >= 15 is 0 Å². The molecule has 5 nitrogen and oxygen atoms in total. The third-order valence-electron chi connectivity index (χ3n) is 3.57. The quantitative estimate of drug-likeness (QED) is 0.621. The van der Waals surface area contributed by atoms with E-state index in [-0.39, 0.29) is 18.2 Å². The lowest BCUT2D eigenvalue weighted by Gasteiger charge is -2.45. The molecule has 4 unspecified atom stereocenters. The van der Waals surface area contributed by atoms with Crippen LogP contribution in [0.15, 0.2) is 0 Å². The summed E-state index contributed by atoms with van der Waals surface area (Å²) in [6.45, 7) is 2.54. The molecular formula is C10H15NO4. The van der Waals surface area contributed by atoms with Crippen molar-refractivity contribution in [2.75, 3.05) is 13.2 Å². The van der Waals surface area contributed by atoms with Crippen molar-refractivity contribution in [1.82, 2.24) is 4.90 Å². The Morgan fingerprint density at radius 1 is 1.60 bits per heavy atom. The number of likely N-dealkylation sites (tertiary alicyclic amines) is 1. The van der Waals surface area contributed by atoms with Crippen LogP contribution in [-0.4, -0.2) is 53.6 Å². The SMILES string of the molecule is CCOC(=O)N1CC(O)CC2C1C1O[C@H]21. The van der Waals surface area contributed by atoms with Gasteiger partial charge in [-0.05, 0) is 13.3 Å². The number of hydrogen-bond acceptors (Lipinski definition) is 4. The van der Waals surface area contributed by atoms with Gasteiger partial charge in [0.05, 0.1) is 31.4 Å². The molecule has 1 amide bonds. The Labute approximate surface area is 87.9 Å². The zero-order chi connectivity index (χ0) is 10.6. The van der Waals surface area contributed by atoms with Crippen LogP contribution in [0.2, 0.25) is 0 Å². The van der Waals surface area contributed by atoms with Gasteiger partial charge in [-0.15, -0.1) is 0 Å². The summed E-state index contributed by atoms with van der Waals surface area (Å²) >= 11 is 0. The molecule has 0 spiro atoms. The van der Waals surface area contributed by atoms with Gasteiger partial charge in [-0.25, -0.2) is 4.79 Å². The number of epoxide rings is 1. The van der Waals surface area contributed by atoms with Gasteiger partial charge in [0.1, 0.15) is 6.10 Å². The second-order valence-electron chi connectivity index (χ2n) is 4.46. The standard InChI is InChI=1S/C10H15NO4/c1-2-14-10(13)11-4-5(12)3-6-7(11)9-8(6)15-9/h5-9,12H,2-4H2,1H3/t5?,6?,7?,8-,9?/m1/s1. The minimum atomic E-state index is -0.430. The van der Waals surface area contributed by atoms with Crippen LogP contribution in [0, 0.1) is 5.92 Å². The van der Waals surface area contributed by atoms with Gasteiger partial charge in [0.15, 0.2) is 0 Å². The number of ether oxygens (including phenoxy) is 2. The Kier molecular flexibility index (Phi) is 1.94. The number of β-amino-alcohol motifs (C(OH)–C–C–N with tert-alkyl or cyclic N) is 1. The molecule has 1 saturated carbocycles. The topological polar surface area (TPSA) is 62.3 Å². The smallest absolute Gasteiger partial charge is 0.410 e. The van der Waals surface area contributed by atoms with E-state index in [4.69, 9.17) is 9.47 Å². The first-order valence-corrected chi connectivity index (χ1v) is 5.49. The fourth-order valence-electron chi connectivity index (χ4n) is 2.87. The van der Waals surface area contributed by atoms with Crippen LogP contribution in [0.25, 0.3) is 0 Å². The highest BCUT2D eigenvalue weighted by Gasteiger charge is 2.68. The average molecular weight is 213 g/mol. The van der Waals surface area contributed by atoms with Crippen LogP contribution in [0.4, 0.5) is 4.79 Å². The van der Waals surface area contributed by atoms with Gasteiger partial charge in [0.25, 0.3) is 0 Å². The molecule has 3 aliphatic rings. The normalized spacial score (nSPS) is 46.3. The number of carbonyl (C=O) groups is 1. The number of carbonyl (C=O) groups excluding carboxylic acids is 1. The molecule has 2 heterocycles. The maximum absolute atomic E-state index is 11.6. The summed E-state index contributed by atoms with van der Waals surface area (Å²) in [4.78, 5) is 13.3. The first-order valence-electron chi connectivity index (χ1n) is 5.49. The largest absolute Gasteiger partial charge is 0.450 e. The average Bonchev–Trinajstić information content (AvgIpc) is 2.89. The van der Waals surface area contributed by atoms with E-state index < -0.39 is 6.10 Å². The number of aliphatic hydroxyl groups excluding tert-OH is 1. The molecule has 0 radical (unpaired) electrons. The molecule has 5 heteroatoms. The van der Waals surface area contributed by atoms with E-state index in [0.29, 0.717) is 25.2 Å². The van der Waals surface area contributed by atoms with E-state index in [1.165, 1.54) is 0 Å². The van der Waals surface area contributed by atoms with Gasteiger partial charge in [0, 0.05) is 5.92 Å². The predicted molar refractivity (Wildman–Crippen MR) is 50.3 cm³/mol. The fraction of sp³-hybridized carbons (Fsp3) is 0.900. The zero-order valence-corrected chi connectivity index (χ0v) is 8.63. The van der Waals surface area contributed by atoms with Crippen molar-refractivity contribution in [1.29, 1.82) is 0 Å². The number of piperidine rings is 1. The van der Waals surface area contributed by atoms with Crippen molar-refractivity contribution < 1.29 is 19.4 Å². The van der Waals surface area contributed by atoms with Gasteiger partial charge < -0.3 is 14.6 Å². The summed E-state index contributed by atoms with van der Waals surface area (Å²) in [7, 11) is 0. The minimum Gasteiger partial charge on any atom is -0.450 e. The van der Waals surface area contributed by atoms with Gasteiger partial charge in [0.2, 0.25) is 0 Å². The molecule has 1 N–H and O–H groups in total. The van der Waals surface area contributed by atoms with Crippen LogP contribution in [-0.2, 0) is 9.47 Å². The maximum Gasteiger partial charge on any atom is 0.410 e. The molecule has 0 aromatic carbocycles. The van der Waals surface area contributed by atoms with Crippen LogP contribution >= 0.6 is 0 Å². The Balaban J connectivity index is 1.73. The molecule has 84 valence electrons. The van der Waals surface area contributed by atoms with E-state index in [9.17, 15) is 9.90 Å². The van der Waals surface area contributed by atoms with Crippen LogP contribution < -0.4 is 0 Å². The summed E-state index contributed by atoms with van der Waals surface area (Å²) in [5.41, 5.74) is 0. The molecule has 15 heavy (non-hydrogen) atoms. The molecule has 3 fully saturated rings. The van der Waals surface area contributed by atoms with Crippen LogP contribution in [0.3, 0.4) is 0 Å². The van der Waals surface area contributed by atoms with Crippen LogP contribution in [0.1, 0.15) is 13.3 Å². The van der Waals surface area contributed by atoms with Crippen molar-refractivity contribution >= 4 is 6.09 Å². The maximum atomic E-state index is 11.6. The summed E-state index contributed by atoms with van der Waals surface area (Å²) in [5.74, 6) is 0.322. The van der Waals surface area contributed by atoms with Crippen LogP contribution in [0.5, 0.6) is 0 Å². The zero-order valence-electron chi connectivity index (χ0n) is 8.63. The van der Waals surface area contributed by atoms with Gasteiger partial charge >= 0.3 is 6.09 Å². The van der Waals surface area contributed by atoms with E-state index in [1.54, 1.807) is 11.8 Å². The molecule has 2 aliphatic heterocycles. The summed E-state index contributed by atoms with van der Waals surface area (Å²) in [5, 5.41) is 9.65. The molecule has 2 saturated heterocycles. The summed E-state index contributed by atoms with van der Waals surface area (Å²) in [6.07, 6.45) is 0.511. The first kappa shape index (κ1) is 9.42. The van der Waals surface area contributed by atoms with Crippen molar-refractivity contribution in [2.45, 2.75) is 37.7 Å². The highest BCUT2D eigenvalue weighted by atomic mass is 16.6. The first-order chi connectivity index (χ1) is 7.22.